The lowest BCUT2D eigenvalue weighted by molar-refractivity contribution is 1.31. The van der Waals surface area contributed by atoms with E-state index in [0.717, 1.165) is 55.4 Å². The molecule has 3 heteroatoms. The van der Waals surface area contributed by atoms with Crippen LogP contribution >= 0.6 is 11.3 Å². The normalized spacial score (nSPS) is 11.6. The molecule has 2 heterocycles. The molecule has 55 heavy (non-hydrogen) atoms. The molecule has 0 spiro atoms. The zero-order valence-corrected chi connectivity index (χ0v) is 30.6. The van der Waals surface area contributed by atoms with Gasteiger partial charge in [0.05, 0.1) is 22.4 Å². The maximum atomic E-state index is 5.48. The van der Waals surface area contributed by atoms with Crippen molar-refractivity contribution in [1.82, 2.24) is 9.97 Å². The molecule has 0 bridgehead atoms. The van der Waals surface area contributed by atoms with Crippen molar-refractivity contribution in [3.63, 3.8) is 0 Å². The van der Waals surface area contributed by atoms with E-state index >= 15 is 0 Å². The van der Waals surface area contributed by atoms with Crippen LogP contribution in [0.25, 0.3) is 109 Å². The first-order valence-corrected chi connectivity index (χ1v) is 19.5. The average molecular weight is 717 g/mol. The standard InChI is InChI=1S/C52H32N2S/c1-2-12-37(13-3-1)48-49(54-51-45-20-7-5-17-42(45)41-16-4-6-19-44(41)50(51)53-48)39-15-10-14-38(32-39)35-26-24-33(25-27-35)34-28-30-36(31-29-34)40-21-11-22-46-43-18-8-9-23-47(43)55-52(40)46/h1-32H. The molecule has 0 aliphatic heterocycles. The number of hydrogen-bond acceptors (Lipinski definition) is 3. The fourth-order valence-corrected chi connectivity index (χ4v) is 9.41. The number of benzene rings is 9. The van der Waals surface area contributed by atoms with E-state index in [1.54, 1.807) is 0 Å². The molecule has 0 unspecified atom stereocenters. The summed E-state index contributed by atoms with van der Waals surface area (Å²) in [4.78, 5) is 10.9. The van der Waals surface area contributed by atoms with Crippen LogP contribution in [0.1, 0.15) is 0 Å². The topological polar surface area (TPSA) is 25.8 Å². The third-order valence-electron chi connectivity index (χ3n) is 10.9. The van der Waals surface area contributed by atoms with Crippen LogP contribution in [-0.2, 0) is 0 Å². The van der Waals surface area contributed by atoms with Gasteiger partial charge >= 0.3 is 0 Å². The van der Waals surface area contributed by atoms with Crippen molar-refractivity contribution in [2.45, 2.75) is 0 Å². The summed E-state index contributed by atoms with van der Waals surface area (Å²) >= 11 is 1.88. The smallest absolute Gasteiger partial charge is 0.0979 e. The van der Waals surface area contributed by atoms with E-state index in [9.17, 15) is 0 Å². The number of rotatable bonds is 5. The monoisotopic (exact) mass is 716 g/mol. The van der Waals surface area contributed by atoms with Gasteiger partial charge in [0.1, 0.15) is 0 Å². The Labute approximate surface area is 322 Å². The van der Waals surface area contributed by atoms with E-state index in [0.29, 0.717) is 0 Å². The van der Waals surface area contributed by atoms with Gasteiger partial charge in [0, 0.05) is 42.1 Å². The highest BCUT2D eigenvalue weighted by Gasteiger charge is 2.18. The second-order valence-electron chi connectivity index (χ2n) is 14.1. The maximum Gasteiger partial charge on any atom is 0.0979 e. The zero-order chi connectivity index (χ0) is 36.3. The maximum absolute atomic E-state index is 5.48. The largest absolute Gasteiger partial charge is 0.243 e. The van der Waals surface area contributed by atoms with E-state index in [1.807, 2.05) is 17.4 Å². The summed E-state index contributed by atoms with van der Waals surface area (Å²) < 4.78 is 2.67. The van der Waals surface area contributed by atoms with Gasteiger partial charge in [-0.05, 0) is 56.3 Å². The molecule has 11 rings (SSSR count). The molecule has 0 amide bonds. The lowest BCUT2D eigenvalue weighted by Gasteiger charge is -2.15. The van der Waals surface area contributed by atoms with Crippen LogP contribution < -0.4 is 0 Å². The minimum Gasteiger partial charge on any atom is -0.243 e. The highest BCUT2D eigenvalue weighted by atomic mass is 32.1. The van der Waals surface area contributed by atoms with E-state index in [4.69, 9.17) is 9.97 Å². The van der Waals surface area contributed by atoms with E-state index in [1.165, 1.54) is 53.2 Å². The number of fused-ring (bicyclic) bond motifs is 9. The molecule has 0 aliphatic rings. The molecule has 0 saturated carbocycles. The molecule has 2 aromatic heterocycles. The molecule has 11 aromatic rings. The van der Waals surface area contributed by atoms with E-state index in [-0.39, 0.29) is 0 Å². The Bertz CT molecular complexity index is 3230. The fourth-order valence-electron chi connectivity index (χ4n) is 8.18. The summed E-state index contributed by atoms with van der Waals surface area (Å²) in [5.74, 6) is 0. The van der Waals surface area contributed by atoms with Gasteiger partial charge in [0.25, 0.3) is 0 Å². The van der Waals surface area contributed by atoms with Crippen LogP contribution in [0, 0.1) is 0 Å². The summed E-state index contributed by atoms with van der Waals surface area (Å²) in [6.07, 6.45) is 0. The fraction of sp³-hybridized carbons (Fsp3) is 0. The van der Waals surface area contributed by atoms with Gasteiger partial charge in [-0.1, -0.05) is 182 Å². The molecule has 0 saturated heterocycles. The first-order valence-electron chi connectivity index (χ1n) is 18.7. The molecule has 0 fully saturated rings. The first kappa shape index (κ1) is 31.6. The van der Waals surface area contributed by atoms with Crippen LogP contribution in [0.3, 0.4) is 0 Å². The lowest BCUT2D eigenvalue weighted by atomic mass is 9.95. The zero-order valence-electron chi connectivity index (χ0n) is 29.8. The van der Waals surface area contributed by atoms with Gasteiger partial charge < -0.3 is 0 Å². The van der Waals surface area contributed by atoms with Crippen molar-refractivity contribution in [3.05, 3.63) is 194 Å². The van der Waals surface area contributed by atoms with Crippen molar-refractivity contribution in [3.8, 4) is 55.9 Å². The average Bonchev–Trinajstić information content (AvgIpc) is 3.66. The summed E-state index contributed by atoms with van der Waals surface area (Å²) in [7, 11) is 0. The van der Waals surface area contributed by atoms with Crippen LogP contribution in [-0.4, -0.2) is 9.97 Å². The molecule has 9 aromatic carbocycles. The molecular weight excluding hydrogens is 685 g/mol. The Balaban J connectivity index is 0.968. The first-order chi connectivity index (χ1) is 27.3. The molecule has 256 valence electrons. The molecule has 0 radical (unpaired) electrons. The van der Waals surface area contributed by atoms with E-state index < -0.39 is 0 Å². The van der Waals surface area contributed by atoms with Crippen molar-refractivity contribution in [1.29, 1.82) is 0 Å². The molecular formula is C52H32N2S. The highest BCUT2D eigenvalue weighted by Crippen LogP contribution is 2.41. The van der Waals surface area contributed by atoms with Gasteiger partial charge in [-0.3, -0.25) is 0 Å². The second-order valence-corrected chi connectivity index (χ2v) is 15.1. The van der Waals surface area contributed by atoms with Gasteiger partial charge in [-0.25, -0.2) is 9.97 Å². The molecule has 0 N–H and O–H groups in total. The third-order valence-corrected chi connectivity index (χ3v) is 12.1. The Morgan fingerprint density at radius 2 is 0.745 bits per heavy atom. The minimum atomic E-state index is 0.879. The molecule has 0 atom stereocenters. The predicted octanol–water partition coefficient (Wildman–Crippen LogP) is 14.6. The number of nitrogens with zero attached hydrogens (tertiary/aromatic N) is 2. The highest BCUT2D eigenvalue weighted by molar-refractivity contribution is 7.26. The van der Waals surface area contributed by atoms with Gasteiger partial charge in [-0.2, -0.15) is 0 Å². The van der Waals surface area contributed by atoms with Gasteiger partial charge in [0.2, 0.25) is 0 Å². The summed E-state index contributed by atoms with van der Waals surface area (Å²) in [6, 6.07) is 69.5. The predicted molar refractivity (Wildman–Crippen MR) is 235 cm³/mol. The van der Waals surface area contributed by atoms with E-state index in [2.05, 4.69) is 188 Å². The summed E-state index contributed by atoms with van der Waals surface area (Å²) in [5.41, 5.74) is 12.9. The SMILES string of the molecule is c1ccc(-c2nc3c4ccccc4c4ccccc4c3nc2-c2cccc(-c3ccc(-c4ccc(-c5cccc6c5sc5ccccc56)cc4)cc3)c2)cc1. The quantitative estimate of drug-likeness (QED) is 0.166. The number of hydrogen-bond donors (Lipinski definition) is 0. The van der Waals surface area contributed by atoms with Gasteiger partial charge in [-0.15, -0.1) is 11.3 Å². The Hall–Kier alpha value is -6.94. The molecule has 2 nitrogen and oxygen atoms in total. The minimum absolute atomic E-state index is 0.879. The summed E-state index contributed by atoms with van der Waals surface area (Å²) in [6.45, 7) is 0. The van der Waals surface area contributed by atoms with Crippen molar-refractivity contribution in [2.75, 3.05) is 0 Å². The van der Waals surface area contributed by atoms with Crippen molar-refractivity contribution in [2.24, 2.45) is 0 Å². The van der Waals surface area contributed by atoms with Crippen molar-refractivity contribution >= 4 is 64.1 Å². The third kappa shape index (κ3) is 5.32. The van der Waals surface area contributed by atoms with Crippen LogP contribution in [0.5, 0.6) is 0 Å². The van der Waals surface area contributed by atoms with Crippen molar-refractivity contribution < 1.29 is 0 Å². The Morgan fingerprint density at radius 3 is 1.40 bits per heavy atom. The molecule has 0 aliphatic carbocycles. The lowest BCUT2D eigenvalue weighted by Crippen LogP contribution is -1.97. The Kier molecular flexibility index (Phi) is 7.39. The number of aromatic nitrogens is 2. The van der Waals surface area contributed by atoms with Crippen LogP contribution in [0.15, 0.2) is 194 Å². The Morgan fingerprint density at radius 1 is 0.291 bits per heavy atom. The second kappa shape index (κ2) is 12.9. The summed E-state index contributed by atoms with van der Waals surface area (Å²) in [5, 5.41) is 7.27. The van der Waals surface area contributed by atoms with Crippen LogP contribution in [0.2, 0.25) is 0 Å². The van der Waals surface area contributed by atoms with Crippen LogP contribution in [0.4, 0.5) is 0 Å². The number of thiophene rings is 1. The van der Waals surface area contributed by atoms with Gasteiger partial charge in [0.15, 0.2) is 0 Å².